The van der Waals surface area contributed by atoms with Gasteiger partial charge in [0.25, 0.3) is 0 Å². The number of nitrogens with two attached hydrogens (primary N) is 1. The van der Waals surface area contributed by atoms with Crippen LogP contribution in [0.5, 0.6) is 0 Å². The van der Waals surface area contributed by atoms with Crippen LogP contribution in [0.15, 0.2) is 0 Å². The van der Waals surface area contributed by atoms with E-state index in [1.54, 1.807) is 0 Å². The third-order valence-electron chi connectivity index (χ3n) is 5.66. The summed E-state index contributed by atoms with van der Waals surface area (Å²) in [5.41, 5.74) is 5.97. The minimum absolute atomic E-state index is 0.0821. The zero-order valence-electron chi connectivity index (χ0n) is 17.2. The normalized spacial score (nSPS) is 23.3. The van der Waals surface area contributed by atoms with Crippen LogP contribution in [0.2, 0.25) is 0 Å². The van der Waals surface area contributed by atoms with Crippen LogP contribution in [0, 0.1) is 5.92 Å². The Balaban J connectivity index is 2.11. The zero-order valence-corrected chi connectivity index (χ0v) is 17.2. The Morgan fingerprint density at radius 1 is 1.00 bits per heavy atom. The lowest BCUT2D eigenvalue weighted by molar-refractivity contribution is -0.150. The van der Waals surface area contributed by atoms with Crippen molar-refractivity contribution in [2.75, 3.05) is 13.1 Å². The van der Waals surface area contributed by atoms with E-state index in [9.17, 15) is 24.0 Å². The molecule has 4 unspecified atom stereocenters. The van der Waals surface area contributed by atoms with Crippen molar-refractivity contribution in [3.63, 3.8) is 0 Å². The van der Waals surface area contributed by atoms with Crippen LogP contribution in [0.25, 0.3) is 0 Å². The highest BCUT2D eigenvalue weighted by atomic mass is 16.4. The SMILES string of the molecule is CC(C)C(N)C(=O)N1CCCC1C(=O)N1CCCC1C(=O)NC(CC(=O)O)C(=O)O. The molecular weight excluding hydrogens is 396 g/mol. The lowest BCUT2D eigenvalue weighted by Crippen LogP contribution is -2.56. The van der Waals surface area contributed by atoms with Crippen LogP contribution in [-0.2, 0) is 24.0 Å². The highest BCUT2D eigenvalue weighted by molar-refractivity contribution is 5.95. The number of carbonyl (C=O) groups excluding carboxylic acids is 3. The highest BCUT2D eigenvalue weighted by Gasteiger charge is 2.43. The number of hydrogen-bond donors (Lipinski definition) is 4. The molecule has 0 aromatic heterocycles. The van der Waals surface area contributed by atoms with Gasteiger partial charge in [0.2, 0.25) is 17.7 Å². The Labute approximate surface area is 174 Å². The van der Waals surface area contributed by atoms with Gasteiger partial charge in [0.1, 0.15) is 18.1 Å². The van der Waals surface area contributed by atoms with Crippen molar-refractivity contribution < 1.29 is 34.2 Å². The molecule has 0 aromatic rings. The molecule has 0 aliphatic carbocycles. The van der Waals surface area contributed by atoms with Gasteiger partial charge in [0.15, 0.2) is 0 Å². The minimum atomic E-state index is -1.58. The second-order valence-electron chi connectivity index (χ2n) is 8.15. The third kappa shape index (κ3) is 5.26. The van der Waals surface area contributed by atoms with Gasteiger partial charge in [-0.15, -0.1) is 0 Å². The molecule has 0 aromatic carbocycles. The van der Waals surface area contributed by atoms with Crippen LogP contribution in [0.4, 0.5) is 0 Å². The van der Waals surface area contributed by atoms with Gasteiger partial charge in [-0.05, 0) is 31.6 Å². The average Bonchev–Trinajstić information content (AvgIpc) is 3.34. The first-order valence-corrected chi connectivity index (χ1v) is 10.2. The second kappa shape index (κ2) is 9.88. The molecule has 11 heteroatoms. The number of carboxylic acids is 2. The summed E-state index contributed by atoms with van der Waals surface area (Å²) in [6, 6.07) is -3.90. The number of likely N-dealkylation sites (tertiary alicyclic amines) is 2. The Kier molecular flexibility index (Phi) is 7.77. The topological polar surface area (TPSA) is 170 Å². The monoisotopic (exact) mass is 426 g/mol. The summed E-state index contributed by atoms with van der Waals surface area (Å²) in [7, 11) is 0. The van der Waals surface area contributed by atoms with Crippen LogP contribution in [-0.4, -0.2) is 86.9 Å². The van der Waals surface area contributed by atoms with Gasteiger partial charge in [0.05, 0.1) is 12.5 Å². The molecule has 0 saturated carbocycles. The lowest BCUT2D eigenvalue weighted by atomic mass is 10.0. The van der Waals surface area contributed by atoms with Gasteiger partial charge < -0.3 is 31.1 Å². The quantitative estimate of drug-likeness (QED) is 0.383. The summed E-state index contributed by atoms with van der Waals surface area (Å²) in [5, 5.41) is 20.2. The summed E-state index contributed by atoms with van der Waals surface area (Å²) in [6.45, 7) is 4.38. The summed E-state index contributed by atoms with van der Waals surface area (Å²) >= 11 is 0. The summed E-state index contributed by atoms with van der Waals surface area (Å²) < 4.78 is 0. The maximum Gasteiger partial charge on any atom is 0.326 e. The van der Waals surface area contributed by atoms with Crippen molar-refractivity contribution in [1.82, 2.24) is 15.1 Å². The van der Waals surface area contributed by atoms with Crippen LogP contribution in [0.1, 0.15) is 46.0 Å². The molecule has 168 valence electrons. The van der Waals surface area contributed by atoms with Gasteiger partial charge in [-0.1, -0.05) is 13.8 Å². The smallest absolute Gasteiger partial charge is 0.326 e. The minimum Gasteiger partial charge on any atom is -0.481 e. The maximum atomic E-state index is 13.2. The fourth-order valence-corrected chi connectivity index (χ4v) is 3.90. The van der Waals surface area contributed by atoms with E-state index < -0.39 is 48.4 Å². The van der Waals surface area contributed by atoms with E-state index in [2.05, 4.69) is 5.32 Å². The molecule has 3 amide bonds. The van der Waals surface area contributed by atoms with E-state index in [1.165, 1.54) is 9.80 Å². The molecule has 11 nitrogen and oxygen atoms in total. The molecule has 2 saturated heterocycles. The number of nitrogens with zero attached hydrogens (tertiary/aromatic N) is 2. The number of amides is 3. The summed E-state index contributed by atoms with van der Waals surface area (Å²) in [4.78, 5) is 63.4. The Morgan fingerprint density at radius 3 is 2.10 bits per heavy atom. The van der Waals surface area contributed by atoms with E-state index >= 15 is 0 Å². The number of hydrogen-bond acceptors (Lipinski definition) is 6. The van der Waals surface area contributed by atoms with Gasteiger partial charge in [-0.2, -0.15) is 0 Å². The molecule has 0 bridgehead atoms. The van der Waals surface area contributed by atoms with Crippen molar-refractivity contribution in [3.05, 3.63) is 0 Å². The number of carbonyl (C=O) groups is 5. The Morgan fingerprint density at radius 2 is 1.57 bits per heavy atom. The Hall–Kier alpha value is -2.69. The predicted molar refractivity (Wildman–Crippen MR) is 104 cm³/mol. The fraction of sp³-hybridized carbons (Fsp3) is 0.737. The number of carboxylic acid groups (broad SMARTS) is 2. The predicted octanol–water partition coefficient (Wildman–Crippen LogP) is -1.00. The number of rotatable bonds is 8. The van der Waals surface area contributed by atoms with Gasteiger partial charge in [-0.3, -0.25) is 19.2 Å². The molecule has 30 heavy (non-hydrogen) atoms. The molecule has 2 fully saturated rings. The molecule has 4 atom stereocenters. The van der Waals surface area contributed by atoms with Gasteiger partial charge in [-0.25, -0.2) is 4.79 Å². The van der Waals surface area contributed by atoms with E-state index in [-0.39, 0.29) is 17.7 Å². The van der Waals surface area contributed by atoms with E-state index in [4.69, 9.17) is 15.9 Å². The van der Waals surface area contributed by atoms with Crippen molar-refractivity contribution in [2.45, 2.75) is 70.1 Å². The molecule has 5 N–H and O–H groups in total. The third-order valence-corrected chi connectivity index (χ3v) is 5.66. The van der Waals surface area contributed by atoms with Crippen LogP contribution >= 0.6 is 0 Å². The molecule has 0 spiro atoms. The van der Waals surface area contributed by atoms with Gasteiger partial charge >= 0.3 is 11.9 Å². The number of nitrogens with one attached hydrogen (secondary N) is 1. The first kappa shape index (κ1) is 23.6. The van der Waals surface area contributed by atoms with Crippen molar-refractivity contribution >= 4 is 29.7 Å². The molecular formula is C19H30N4O7. The number of aliphatic carboxylic acids is 2. The molecule has 0 radical (unpaired) electrons. The van der Waals surface area contributed by atoms with E-state index in [0.29, 0.717) is 38.8 Å². The first-order chi connectivity index (χ1) is 14.0. The maximum absolute atomic E-state index is 13.2. The first-order valence-electron chi connectivity index (χ1n) is 10.2. The van der Waals surface area contributed by atoms with Crippen molar-refractivity contribution in [3.8, 4) is 0 Å². The molecule has 2 aliphatic heterocycles. The van der Waals surface area contributed by atoms with Crippen LogP contribution in [0.3, 0.4) is 0 Å². The van der Waals surface area contributed by atoms with Gasteiger partial charge in [0, 0.05) is 13.1 Å². The largest absolute Gasteiger partial charge is 0.481 e. The molecule has 2 heterocycles. The lowest BCUT2D eigenvalue weighted by Gasteiger charge is -2.33. The highest BCUT2D eigenvalue weighted by Crippen LogP contribution is 2.26. The van der Waals surface area contributed by atoms with E-state index in [1.807, 2.05) is 13.8 Å². The van der Waals surface area contributed by atoms with Crippen LogP contribution < -0.4 is 11.1 Å². The average molecular weight is 426 g/mol. The van der Waals surface area contributed by atoms with Crippen molar-refractivity contribution in [1.29, 1.82) is 0 Å². The summed E-state index contributed by atoms with van der Waals surface area (Å²) in [5.74, 6) is -4.26. The summed E-state index contributed by atoms with van der Waals surface area (Å²) in [6.07, 6.45) is 1.24. The fourth-order valence-electron chi connectivity index (χ4n) is 3.90. The van der Waals surface area contributed by atoms with E-state index in [0.717, 1.165) is 0 Å². The Bertz CT molecular complexity index is 711. The second-order valence-corrected chi connectivity index (χ2v) is 8.15. The zero-order chi connectivity index (χ0) is 22.6. The molecule has 2 aliphatic rings. The standard InChI is InChI=1S/C19H30N4O7/c1-10(2)15(20)18(28)23-8-4-6-13(23)17(27)22-7-3-5-12(22)16(26)21-11(19(29)30)9-14(24)25/h10-13,15H,3-9,20H2,1-2H3,(H,21,26)(H,24,25)(H,29,30). The van der Waals surface area contributed by atoms with Crippen molar-refractivity contribution in [2.24, 2.45) is 11.7 Å². The molecule has 2 rings (SSSR count).